The van der Waals surface area contributed by atoms with Gasteiger partial charge in [-0.1, -0.05) is 60.1 Å². The summed E-state index contributed by atoms with van der Waals surface area (Å²) in [4.78, 5) is 158. The number of nitrogens with one attached hydrogen (secondary N) is 8. The second-order valence-electron chi connectivity index (χ2n) is 19.7. The van der Waals surface area contributed by atoms with Crippen LogP contribution in [-0.4, -0.2) is 154 Å². The average Bonchev–Trinajstić information content (AvgIpc) is 3.34. The van der Waals surface area contributed by atoms with Crippen molar-refractivity contribution in [2.75, 3.05) is 13.2 Å². The van der Waals surface area contributed by atoms with Crippen LogP contribution in [0.5, 0.6) is 5.75 Å². The molecule has 0 heterocycles. The van der Waals surface area contributed by atoms with Gasteiger partial charge in [0.05, 0.1) is 25.5 Å². The molecule has 0 aromatic heterocycles. The van der Waals surface area contributed by atoms with Crippen LogP contribution in [0.1, 0.15) is 111 Å². The number of nitrogens with two attached hydrogens (primary N) is 5. The second-order valence-corrected chi connectivity index (χ2v) is 19.7. The van der Waals surface area contributed by atoms with E-state index in [0.29, 0.717) is 12.0 Å². The average molecular weight is 1090 g/mol. The molecule has 0 saturated heterocycles. The molecule has 21 N–H and O–H groups in total. The molecule has 11 amide bonds. The van der Waals surface area contributed by atoms with E-state index < -0.39 is 164 Å². The molecule has 432 valence electrons. The Kier molecular flexibility index (Phi) is 30.1. The molecule has 0 fully saturated rings. The molecule has 1 aromatic carbocycles. The van der Waals surface area contributed by atoms with Crippen molar-refractivity contribution in [3.63, 3.8) is 0 Å². The van der Waals surface area contributed by atoms with Gasteiger partial charge in [0, 0.05) is 6.42 Å². The summed E-state index contributed by atoms with van der Waals surface area (Å²) in [5.74, 6) is -13.7. The molecule has 0 aliphatic carbocycles. The Morgan fingerprint density at radius 2 is 0.935 bits per heavy atom. The first-order valence-corrected chi connectivity index (χ1v) is 25.4. The van der Waals surface area contributed by atoms with E-state index in [1.54, 1.807) is 53.7 Å². The van der Waals surface area contributed by atoms with Crippen molar-refractivity contribution in [2.45, 2.75) is 167 Å². The monoisotopic (exact) mass is 1090 g/mol. The molecule has 1 aromatic rings. The third-order valence-corrected chi connectivity index (χ3v) is 12.0. The van der Waals surface area contributed by atoms with E-state index in [2.05, 4.69) is 42.5 Å². The van der Waals surface area contributed by atoms with Crippen molar-refractivity contribution in [3.05, 3.63) is 29.8 Å². The molecule has 10 atom stereocenters. The van der Waals surface area contributed by atoms with E-state index in [1.165, 1.54) is 12.1 Å². The van der Waals surface area contributed by atoms with E-state index in [4.69, 9.17) is 28.7 Å². The number of unbranched alkanes of at least 4 members (excludes halogenated alkanes) is 1. The van der Waals surface area contributed by atoms with Gasteiger partial charge in [-0.25, -0.2) is 4.79 Å². The highest BCUT2D eigenvalue weighted by molar-refractivity contribution is 6.00. The zero-order valence-electron chi connectivity index (χ0n) is 44.6. The highest BCUT2D eigenvalue weighted by Gasteiger charge is 2.37. The Morgan fingerprint density at radius 1 is 0.519 bits per heavy atom. The molecule has 1 rings (SSSR count). The Bertz CT molecular complexity index is 2200. The van der Waals surface area contributed by atoms with Gasteiger partial charge in [0.1, 0.15) is 54.1 Å². The molecule has 0 radical (unpaired) electrons. The van der Waals surface area contributed by atoms with Gasteiger partial charge in [-0.15, -0.1) is 0 Å². The number of aliphatic hydroxyl groups excluding tert-OH is 1. The standard InChI is InChI=1S/C49H81N13O15/c1-7-26(6)40(48(75)56-31(15-16-37(52)65)42(69)58-34(22-39(54)67)46(73)61-36(23-63)47(74)60-35(49(76)77)19-25(4)5)62-43(70)30(10-8-9-17-50)55-45(72)33(21-38(53)66)59-44(71)32(18-24(2)3)57-41(68)29(51)20-27-11-13-28(64)14-12-27/h11-14,24-26,29-36,40,63-64H,7-10,15-23,50-51H2,1-6H3,(H2,52,65)(H2,53,66)(H2,54,67)(H,55,72)(H,56,75)(H,57,68)(H,58,69)(H,59,71)(H,60,74)(H,61,73)(H,62,70)(H,76,77)/t26-,29-,30-,31-,32-,33-,34-,35-,36-,40-/m0/s1. The van der Waals surface area contributed by atoms with Crippen molar-refractivity contribution in [2.24, 2.45) is 46.4 Å². The summed E-state index contributed by atoms with van der Waals surface area (Å²) in [6, 6.07) is -7.80. The lowest BCUT2D eigenvalue weighted by Crippen LogP contribution is -2.61. The van der Waals surface area contributed by atoms with Crippen molar-refractivity contribution in [1.82, 2.24) is 42.5 Å². The lowest BCUT2D eigenvalue weighted by molar-refractivity contribution is -0.143. The third-order valence-electron chi connectivity index (χ3n) is 12.0. The molecule has 0 saturated carbocycles. The number of hydrogen-bond acceptors (Lipinski definition) is 16. The topological polar surface area (TPSA) is 492 Å². The third kappa shape index (κ3) is 25.8. The Morgan fingerprint density at radius 3 is 1.40 bits per heavy atom. The van der Waals surface area contributed by atoms with Crippen LogP contribution in [0.4, 0.5) is 0 Å². The number of amides is 11. The number of aliphatic hydroxyl groups is 1. The van der Waals surface area contributed by atoms with Crippen LogP contribution >= 0.6 is 0 Å². The van der Waals surface area contributed by atoms with Gasteiger partial charge in [-0.05, 0) is 86.9 Å². The van der Waals surface area contributed by atoms with Gasteiger partial charge >= 0.3 is 5.97 Å². The summed E-state index contributed by atoms with van der Waals surface area (Å²) in [5, 5.41) is 48.3. The van der Waals surface area contributed by atoms with E-state index in [0.717, 1.165) is 0 Å². The number of rotatable bonds is 37. The number of phenols is 1. The first-order valence-electron chi connectivity index (χ1n) is 25.4. The van der Waals surface area contributed by atoms with Gasteiger partial charge < -0.3 is 86.5 Å². The Labute approximate surface area is 447 Å². The first kappa shape index (κ1) is 67.6. The number of primary amides is 3. The quantitative estimate of drug-likeness (QED) is 0.0279. The molecule has 0 aliphatic heterocycles. The predicted octanol–water partition coefficient (Wildman–Crippen LogP) is -4.50. The Hall–Kier alpha value is -7.46. The van der Waals surface area contributed by atoms with Gasteiger partial charge in [-0.3, -0.25) is 52.7 Å². The maximum Gasteiger partial charge on any atom is 0.326 e. The number of carboxylic acid groups (broad SMARTS) is 1. The number of aliphatic carboxylic acids is 1. The molecule has 28 nitrogen and oxygen atoms in total. The van der Waals surface area contributed by atoms with E-state index in [-0.39, 0.29) is 62.7 Å². The van der Waals surface area contributed by atoms with Crippen LogP contribution in [0.25, 0.3) is 0 Å². The maximum atomic E-state index is 14.2. The van der Waals surface area contributed by atoms with Crippen LogP contribution in [0, 0.1) is 17.8 Å². The number of carbonyl (C=O) groups excluding carboxylic acids is 11. The van der Waals surface area contributed by atoms with E-state index >= 15 is 0 Å². The van der Waals surface area contributed by atoms with E-state index in [1.807, 2.05) is 0 Å². The molecule has 77 heavy (non-hydrogen) atoms. The fourth-order valence-electron chi connectivity index (χ4n) is 7.56. The SMILES string of the molecule is CC[C@H](C)[C@H](NC(=O)[C@H](CCCCN)NC(=O)[C@H](CC(N)=O)NC(=O)[C@H](CC(C)C)NC(=O)[C@@H](N)Cc1ccc(O)cc1)C(=O)N[C@@H](CCC(N)=O)C(=O)N[C@@H](CC(N)=O)C(=O)N[C@@H](CO)C(=O)N[C@@H](CC(C)C)C(=O)O. The molecule has 28 heteroatoms. The predicted molar refractivity (Wildman–Crippen MR) is 277 cm³/mol. The first-order chi connectivity index (χ1) is 36.0. The van der Waals surface area contributed by atoms with Gasteiger partial charge in [-0.2, -0.15) is 0 Å². The molecule has 0 spiro atoms. The van der Waals surface area contributed by atoms with Crippen LogP contribution in [0.2, 0.25) is 0 Å². The summed E-state index contributed by atoms with van der Waals surface area (Å²) >= 11 is 0. The minimum absolute atomic E-state index is 0.00483. The normalized spacial score (nSPS) is 15.1. The van der Waals surface area contributed by atoms with Gasteiger partial charge in [0.15, 0.2) is 0 Å². The molecule has 0 aliphatic rings. The number of aromatic hydroxyl groups is 1. The highest BCUT2D eigenvalue weighted by atomic mass is 16.4. The summed E-state index contributed by atoms with van der Waals surface area (Å²) in [7, 11) is 0. The highest BCUT2D eigenvalue weighted by Crippen LogP contribution is 2.15. The Balaban J connectivity index is 3.48. The van der Waals surface area contributed by atoms with Crippen LogP contribution in [-0.2, 0) is 64.0 Å². The second kappa shape index (κ2) is 34.3. The summed E-state index contributed by atoms with van der Waals surface area (Å²) in [6.45, 7) is 9.30. The lowest BCUT2D eigenvalue weighted by Gasteiger charge is -2.30. The van der Waals surface area contributed by atoms with Crippen LogP contribution in [0.3, 0.4) is 0 Å². The van der Waals surface area contributed by atoms with Gasteiger partial charge in [0.25, 0.3) is 0 Å². The largest absolute Gasteiger partial charge is 0.508 e. The van der Waals surface area contributed by atoms with Crippen molar-refractivity contribution < 1.29 is 72.9 Å². The van der Waals surface area contributed by atoms with E-state index in [9.17, 15) is 72.9 Å². The number of carboxylic acids is 1. The number of hydrogen-bond donors (Lipinski definition) is 16. The molecular formula is C49H81N13O15. The number of phenolic OH excluding ortho intramolecular Hbond substituents is 1. The van der Waals surface area contributed by atoms with Gasteiger partial charge in [0.2, 0.25) is 65.0 Å². The van der Waals surface area contributed by atoms with Crippen LogP contribution < -0.4 is 71.2 Å². The molecular weight excluding hydrogens is 1010 g/mol. The lowest BCUT2D eigenvalue weighted by atomic mass is 9.96. The number of carbonyl (C=O) groups is 12. The summed E-state index contributed by atoms with van der Waals surface area (Å²) < 4.78 is 0. The smallest absolute Gasteiger partial charge is 0.326 e. The zero-order valence-corrected chi connectivity index (χ0v) is 44.6. The maximum absolute atomic E-state index is 14.2. The summed E-state index contributed by atoms with van der Waals surface area (Å²) in [6.07, 6.45) is -1.80. The number of benzene rings is 1. The van der Waals surface area contributed by atoms with Crippen molar-refractivity contribution >= 4 is 70.9 Å². The van der Waals surface area contributed by atoms with Crippen LogP contribution in [0.15, 0.2) is 24.3 Å². The minimum Gasteiger partial charge on any atom is -0.508 e. The fourth-order valence-corrected chi connectivity index (χ4v) is 7.56. The molecule has 0 bridgehead atoms. The fraction of sp³-hybridized carbons (Fsp3) is 0.633. The van der Waals surface area contributed by atoms with Crippen molar-refractivity contribution in [3.8, 4) is 5.75 Å². The molecule has 0 unspecified atom stereocenters. The summed E-state index contributed by atoms with van der Waals surface area (Å²) in [5.41, 5.74) is 28.7. The zero-order chi connectivity index (χ0) is 58.7. The van der Waals surface area contributed by atoms with Crippen molar-refractivity contribution in [1.29, 1.82) is 0 Å². The minimum atomic E-state index is -1.87.